The van der Waals surface area contributed by atoms with Crippen LogP contribution in [0.1, 0.15) is 54.9 Å². The van der Waals surface area contributed by atoms with Gasteiger partial charge in [-0.2, -0.15) is 4.99 Å². The monoisotopic (exact) mass is 332 g/mol. The van der Waals surface area contributed by atoms with Crippen LogP contribution >= 0.6 is 0 Å². The Balaban J connectivity index is 2.31. The molecule has 0 saturated carbocycles. The van der Waals surface area contributed by atoms with E-state index < -0.39 is 6.09 Å². The van der Waals surface area contributed by atoms with Crippen molar-refractivity contribution in [2.75, 3.05) is 13.1 Å². The van der Waals surface area contributed by atoms with Gasteiger partial charge in [-0.05, 0) is 69.7 Å². The zero-order valence-electron chi connectivity index (χ0n) is 15.2. The van der Waals surface area contributed by atoms with Crippen LogP contribution in [0.4, 0.5) is 4.79 Å². The molecule has 2 N–H and O–H groups in total. The second kappa shape index (κ2) is 8.29. The molecule has 0 radical (unpaired) electrons. The number of phenolic OH excluding ortho intramolecular Hbond substituents is 1. The number of hydrogen-bond donors (Lipinski definition) is 2. The molecule has 1 aliphatic heterocycles. The van der Waals surface area contributed by atoms with Crippen LogP contribution in [0, 0.1) is 20.8 Å². The molecule has 0 unspecified atom stereocenters. The van der Waals surface area contributed by atoms with Crippen LogP contribution in [-0.2, 0) is 6.42 Å². The minimum Gasteiger partial charge on any atom is -0.507 e. The number of carbonyl (C=O) groups excluding carboxylic acids is 1. The maximum Gasteiger partial charge on any atom is 0.439 e. The van der Waals surface area contributed by atoms with Gasteiger partial charge in [0.05, 0.1) is 0 Å². The average molecular weight is 332 g/mol. The lowest BCUT2D eigenvalue weighted by atomic mass is 9.94. The van der Waals surface area contributed by atoms with Gasteiger partial charge < -0.3 is 15.2 Å². The normalized spacial score (nSPS) is 16.4. The summed E-state index contributed by atoms with van der Waals surface area (Å²) in [4.78, 5) is 16.4. The number of rotatable bonds is 4. The van der Waals surface area contributed by atoms with Crippen LogP contribution in [0.25, 0.3) is 0 Å². The number of unbranched alkanes of at least 4 members (excludes halogenated alkanes) is 1. The van der Waals surface area contributed by atoms with Crippen LogP contribution in [-0.4, -0.2) is 30.0 Å². The highest BCUT2D eigenvalue weighted by molar-refractivity contribution is 5.95. The van der Waals surface area contributed by atoms with Crippen molar-refractivity contribution in [3.8, 4) is 11.5 Å². The fourth-order valence-electron chi connectivity index (χ4n) is 3.03. The molecule has 1 saturated heterocycles. The standard InChI is InChI=1S/C19H28N2O3/c1-5-6-9-16-14(4)17(22)12(2)13(3)18(16)24-19(23)21-15-8-7-10-20-11-15/h20,22H,5-11H2,1-4H3/b21-15+. The molecule has 0 aromatic heterocycles. The third kappa shape index (κ3) is 4.15. The number of piperidine rings is 1. The maximum absolute atomic E-state index is 12.3. The molecule has 1 aromatic carbocycles. The number of amides is 1. The highest BCUT2D eigenvalue weighted by Gasteiger charge is 2.20. The predicted octanol–water partition coefficient (Wildman–Crippen LogP) is 3.98. The topological polar surface area (TPSA) is 70.9 Å². The minimum atomic E-state index is -0.570. The highest BCUT2D eigenvalue weighted by atomic mass is 16.5. The van der Waals surface area contributed by atoms with Crippen molar-refractivity contribution in [2.24, 2.45) is 4.99 Å². The summed E-state index contributed by atoms with van der Waals surface area (Å²) >= 11 is 0. The number of aromatic hydroxyl groups is 1. The van der Waals surface area contributed by atoms with Crippen molar-refractivity contribution in [3.63, 3.8) is 0 Å². The first kappa shape index (κ1) is 18.5. The van der Waals surface area contributed by atoms with E-state index in [4.69, 9.17) is 4.74 Å². The van der Waals surface area contributed by atoms with E-state index in [-0.39, 0.29) is 0 Å². The van der Waals surface area contributed by atoms with Crippen LogP contribution in [0.15, 0.2) is 4.99 Å². The van der Waals surface area contributed by atoms with E-state index in [0.29, 0.717) is 18.0 Å². The summed E-state index contributed by atoms with van der Waals surface area (Å²) in [7, 11) is 0. The van der Waals surface area contributed by atoms with Crippen molar-refractivity contribution >= 4 is 11.8 Å². The third-order valence-corrected chi connectivity index (χ3v) is 4.71. The van der Waals surface area contributed by atoms with E-state index in [1.807, 2.05) is 20.8 Å². The van der Waals surface area contributed by atoms with Gasteiger partial charge in [-0.1, -0.05) is 13.3 Å². The van der Waals surface area contributed by atoms with Crippen LogP contribution < -0.4 is 10.1 Å². The van der Waals surface area contributed by atoms with Gasteiger partial charge in [0.1, 0.15) is 11.5 Å². The molecule has 0 atom stereocenters. The average Bonchev–Trinajstić information content (AvgIpc) is 2.58. The van der Waals surface area contributed by atoms with Crippen molar-refractivity contribution in [2.45, 2.75) is 59.8 Å². The Morgan fingerprint density at radius 2 is 2.00 bits per heavy atom. The number of hydrogen-bond acceptors (Lipinski definition) is 4. The number of ether oxygens (including phenoxy) is 1. The second-order valence-corrected chi connectivity index (χ2v) is 6.46. The Bertz CT molecular complexity index is 643. The first-order valence-corrected chi connectivity index (χ1v) is 8.76. The molecule has 1 aliphatic rings. The van der Waals surface area contributed by atoms with Gasteiger partial charge in [-0.3, -0.25) is 0 Å². The van der Waals surface area contributed by atoms with Crippen molar-refractivity contribution in [3.05, 3.63) is 22.3 Å². The number of aliphatic imine (C=N–C) groups is 1. The number of benzene rings is 1. The van der Waals surface area contributed by atoms with E-state index in [9.17, 15) is 9.90 Å². The number of nitrogens with one attached hydrogen (secondary N) is 1. The number of phenols is 1. The van der Waals surface area contributed by atoms with Gasteiger partial charge in [0.2, 0.25) is 0 Å². The lowest BCUT2D eigenvalue weighted by molar-refractivity contribution is 0.210. The van der Waals surface area contributed by atoms with Gasteiger partial charge in [0.15, 0.2) is 0 Å². The van der Waals surface area contributed by atoms with Gasteiger partial charge in [0, 0.05) is 17.8 Å². The molecule has 5 nitrogen and oxygen atoms in total. The molecule has 1 amide bonds. The molecular formula is C19H28N2O3. The van der Waals surface area contributed by atoms with Crippen LogP contribution in [0.2, 0.25) is 0 Å². The summed E-state index contributed by atoms with van der Waals surface area (Å²) in [5, 5.41) is 13.5. The van der Waals surface area contributed by atoms with Gasteiger partial charge in [0.25, 0.3) is 0 Å². The minimum absolute atomic E-state index is 0.293. The van der Waals surface area contributed by atoms with E-state index in [1.165, 1.54) is 0 Å². The molecule has 0 aliphatic carbocycles. The van der Waals surface area contributed by atoms with Crippen LogP contribution in [0.3, 0.4) is 0 Å². The van der Waals surface area contributed by atoms with Gasteiger partial charge >= 0.3 is 6.09 Å². The van der Waals surface area contributed by atoms with E-state index in [0.717, 1.165) is 66.6 Å². The Kier molecular flexibility index (Phi) is 6.37. The zero-order chi connectivity index (χ0) is 17.7. The SMILES string of the molecule is CCCCc1c(C)c(O)c(C)c(C)c1OC(=O)/N=C1\CCCNC1. The Hall–Kier alpha value is -1.88. The molecule has 1 aromatic rings. The molecule has 1 heterocycles. The van der Waals surface area contributed by atoms with Crippen molar-refractivity contribution in [1.29, 1.82) is 0 Å². The molecule has 24 heavy (non-hydrogen) atoms. The molecule has 1 fully saturated rings. The highest BCUT2D eigenvalue weighted by Crippen LogP contribution is 2.38. The lowest BCUT2D eigenvalue weighted by Gasteiger charge is -2.19. The zero-order valence-corrected chi connectivity index (χ0v) is 15.2. The Morgan fingerprint density at radius 3 is 2.62 bits per heavy atom. The summed E-state index contributed by atoms with van der Waals surface area (Å²) < 4.78 is 5.63. The quantitative estimate of drug-likeness (QED) is 0.875. The summed E-state index contributed by atoms with van der Waals surface area (Å²) in [5.74, 6) is 0.857. The molecule has 5 heteroatoms. The number of carbonyl (C=O) groups is 1. The fourth-order valence-corrected chi connectivity index (χ4v) is 3.03. The van der Waals surface area contributed by atoms with Gasteiger partial charge in [-0.25, -0.2) is 4.79 Å². The molecule has 0 bridgehead atoms. The third-order valence-electron chi connectivity index (χ3n) is 4.71. The van der Waals surface area contributed by atoms with Crippen molar-refractivity contribution in [1.82, 2.24) is 5.32 Å². The maximum atomic E-state index is 12.3. The van der Waals surface area contributed by atoms with Crippen LogP contribution in [0.5, 0.6) is 11.5 Å². The molecule has 132 valence electrons. The molecule has 2 rings (SSSR count). The molecular weight excluding hydrogens is 304 g/mol. The fraction of sp³-hybridized carbons (Fsp3) is 0.579. The molecule has 0 spiro atoms. The lowest BCUT2D eigenvalue weighted by Crippen LogP contribution is -2.30. The van der Waals surface area contributed by atoms with Crippen molar-refractivity contribution < 1.29 is 14.6 Å². The predicted molar refractivity (Wildman–Crippen MR) is 96.5 cm³/mol. The Morgan fingerprint density at radius 1 is 1.25 bits per heavy atom. The van der Waals surface area contributed by atoms with E-state index >= 15 is 0 Å². The van der Waals surface area contributed by atoms with Gasteiger partial charge in [-0.15, -0.1) is 0 Å². The first-order valence-electron chi connectivity index (χ1n) is 8.76. The largest absolute Gasteiger partial charge is 0.507 e. The van der Waals surface area contributed by atoms with E-state index in [1.54, 1.807) is 0 Å². The summed E-state index contributed by atoms with van der Waals surface area (Å²) in [5.41, 5.74) is 4.10. The Labute approximate surface area is 144 Å². The van der Waals surface area contributed by atoms with E-state index in [2.05, 4.69) is 17.2 Å². The second-order valence-electron chi connectivity index (χ2n) is 6.46. The summed E-state index contributed by atoms with van der Waals surface area (Å²) in [6, 6.07) is 0. The smallest absolute Gasteiger partial charge is 0.439 e. The summed E-state index contributed by atoms with van der Waals surface area (Å²) in [6.45, 7) is 9.32. The number of nitrogens with zero attached hydrogens (tertiary/aromatic N) is 1. The first-order chi connectivity index (χ1) is 11.5. The summed E-state index contributed by atoms with van der Waals surface area (Å²) in [6.07, 6.45) is 4.04.